The van der Waals surface area contributed by atoms with Crippen LogP contribution in [-0.2, 0) is 0 Å². The van der Waals surface area contributed by atoms with Crippen molar-refractivity contribution < 1.29 is 14.9 Å². The fourth-order valence-electron chi connectivity index (χ4n) is 5.18. The summed E-state index contributed by atoms with van der Waals surface area (Å²) in [6.07, 6.45) is 0. The van der Waals surface area contributed by atoms with E-state index in [4.69, 9.17) is 4.74 Å². The zero-order chi connectivity index (χ0) is 22.9. The minimum atomic E-state index is -0.159. The first-order chi connectivity index (χ1) is 15.2. The van der Waals surface area contributed by atoms with Crippen LogP contribution in [0.4, 0.5) is 0 Å². The molecule has 5 rings (SSSR count). The van der Waals surface area contributed by atoms with Crippen molar-refractivity contribution in [2.45, 2.75) is 47.5 Å². The van der Waals surface area contributed by atoms with E-state index >= 15 is 0 Å². The van der Waals surface area contributed by atoms with Crippen LogP contribution in [0, 0.1) is 41.5 Å². The summed E-state index contributed by atoms with van der Waals surface area (Å²) in [6.45, 7) is 11.8. The third kappa shape index (κ3) is 2.67. The Balaban J connectivity index is 1.93. The highest BCUT2D eigenvalue weighted by molar-refractivity contribution is 5.84. The lowest BCUT2D eigenvalue weighted by atomic mass is 9.75. The molecule has 4 aromatic rings. The topological polar surface area (TPSA) is 49.7 Å². The Kier molecular flexibility index (Phi) is 4.49. The smallest absolute Gasteiger partial charge is 0.135 e. The normalized spacial score (nSPS) is 13.1. The molecule has 0 amide bonds. The number of phenolic OH excluding ortho intramolecular Hbond substituents is 2. The second kappa shape index (κ2) is 7.03. The second-order valence-corrected chi connectivity index (χ2v) is 9.07. The molecule has 3 nitrogen and oxygen atoms in total. The van der Waals surface area contributed by atoms with Gasteiger partial charge >= 0.3 is 0 Å². The van der Waals surface area contributed by atoms with Gasteiger partial charge in [-0.1, -0.05) is 42.5 Å². The van der Waals surface area contributed by atoms with Crippen molar-refractivity contribution in [2.24, 2.45) is 0 Å². The van der Waals surface area contributed by atoms with Gasteiger partial charge in [-0.2, -0.15) is 0 Å². The summed E-state index contributed by atoms with van der Waals surface area (Å²) in [6, 6.07) is 14.8. The lowest BCUT2D eigenvalue weighted by Crippen LogP contribution is -2.17. The summed E-state index contributed by atoms with van der Waals surface area (Å²) in [5.41, 5.74) is 8.28. The van der Waals surface area contributed by atoms with E-state index in [-0.39, 0.29) is 5.92 Å². The van der Waals surface area contributed by atoms with E-state index in [1.54, 1.807) is 0 Å². The third-order valence-corrected chi connectivity index (χ3v) is 7.41. The Morgan fingerprint density at radius 3 is 1.62 bits per heavy atom. The summed E-state index contributed by atoms with van der Waals surface area (Å²) < 4.78 is 6.59. The van der Waals surface area contributed by atoms with E-state index in [0.717, 1.165) is 67.0 Å². The molecule has 0 radical (unpaired) electrons. The van der Waals surface area contributed by atoms with Gasteiger partial charge in [0.2, 0.25) is 0 Å². The standard InChI is InChI=1S/C29H28O3/c1-14-16(3)28-23(18(5)26(14)30)25(22-12-11-20-9-7-8-10-21(20)13-22)24-19(6)27(31)15(2)17(4)29(24)32-28/h7-13,25,30-31H,1-6H3. The third-order valence-electron chi connectivity index (χ3n) is 7.41. The highest BCUT2D eigenvalue weighted by atomic mass is 16.5. The maximum atomic E-state index is 10.9. The largest absolute Gasteiger partial charge is 0.507 e. The van der Waals surface area contributed by atoms with Crippen molar-refractivity contribution in [2.75, 3.05) is 0 Å². The van der Waals surface area contributed by atoms with Crippen LogP contribution in [0.25, 0.3) is 10.8 Å². The molecule has 162 valence electrons. The Morgan fingerprint density at radius 1 is 0.594 bits per heavy atom. The first-order valence-corrected chi connectivity index (χ1v) is 11.0. The number of rotatable bonds is 1. The molecule has 0 aliphatic carbocycles. The van der Waals surface area contributed by atoms with Crippen molar-refractivity contribution in [1.29, 1.82) is 0 Å². The highest BCUT2D eigenvalue weighted by Crippen LogP contribution is 2.56. The van der Waals surface area contributed by atoms with E-state index in [1.807, 2.05) is 53.7 Å². The van der Waals surface area contributed by atoms with Gasteiger partial charge < -0.3 is 14.9 Å². The average molecular weight is 425 g/mol. The average Bonchev–Trinajstić information content (AvgIpc) is 2.81. The fourth-order valence-corrected chi connectivity index (χ4v) is 5.18. The number of ether oxygens (including phenoxy) is 1. The van der Waals surface area contributed by atoms with Gasteiger partial charge in [-0.25, -0.2) is 0 Å². The SMILES string of the molecule is Cc1c(C)c2c(c(C)c1O)C(c1ccc3ccccc3c1)c1c(C)c(O)c(C)c(C)c1O2. The molecule has 0 aromatic heterocycles. The first-order valence-electron chi connectivity index (χ1n) is 11.0. The maximum Gasteiger partial charge on any atom is 0.135 e. The van der Waals surface area contributed by atoms with E-state index in [9.17, 15) is 10.2 Å². The quantitative estimate of drug-likeness (QED) is 0.295. The lowest BCUT2D eigenvalue weighted by Gasteiger charge is -2.35. The van der Waals surface area contributed by atoms with Crippen molar-refractivity contribution in [3.8, 4) is 23.0 Å². The molecule has 1 aliphatic rings. The van der Waals surface area contributed by atoms with Gasteiger partial charge in [-0.3, -0.25) is 0 Å². The summed E-state index contributed by atoms with van der Waals surface area (Å²) in [5, 5.41) is 24.2. The Hall–Kier alpha value is -3.46. The van der Waals surface area contributed by atoms with Gasteiger partial charge in [0.05, 0.1) is 0 Å². The van der Waals surface area contributed by atoms with E-state index in [0.29, 0.717) is 11.5 Å². The van der Waals surface area contributed by atoms with Crippen LogP contribution in [0.1, 0.15) is 56.0 Å². The molecule has 0 atom stereocenters. The number of hydrogen-bond acceptors (Lipinski definition) is 3. The number of fused-ring (bicyclic) bond motifs is 3. The minimum Gasteiger partial charge on any atom is -0.507 e. The van der Waals surface area contributed by atoms with Crippen LogP contribution >= 0.6 is 0 Å². The van der Waals surface area contributed by atoms with Gasteiger partial charge in [0.1, 0.15) is 23.0 Å². The molecule has 1 aliphatic heterocycles. The molecular formula is C29H28O3. The Bertz CT molecular complexity index is 1360. The Labute approximate surface area is 188 Å². The molecule has 0 bridgehead atoms. The number of hydrogen-bond donors (Lipinski definition) is 2. The van der Waals surface area contributed by atoms with Crippen LogP contribution in [0.3, 0.4) is 0 Å². The zero-order valence-corrected chi connectivity index (χ0v) is 19.4. The van der Waals surface area contributed by atoms with Gasteiger partial charge in [0, 0.05) is 17.0 Å². The molecule has 0 saturated heterocycles. The van der Waals surface area contributed by atoms with Gasteiger partial charge in [-0.05, 0) is 91.3 Å². The van der Waals surface area contributed by atoms with E-state index in [1.165, 1.54) is 5.39 Å². The highest BCUT2D eigenvalue weighted by Gasteiger charge is 2.37. The van der Waals surface area contributed by atoms with Gasteiger partial charge in [-0.15, -0.1) is 0 Å². The van der Waals surface area contributed by atoms with Crippen molar-refractivity contribution in [3.05, 3.63) is 92.5 Å². The predicted octanol–water partition coefficient (Wildman–Crippen LogP) is 7.39. The van der Waals surface area contributed by atoms with Crippen LogP contribution in [0.2, 0.25) is 0 Å². The Morgan fingerprint density at radius 2 is 1.09 bits per heavy atom. The van der Waals surface area contributed by atoms with E-state index < -0.39 is 0 Å². The van der Waals surface area contributed by atoms with Crippen molar-refractivity contribution in [3.63, 3.8) is 0 Å². The van der Waals surface area contributed by atoms with Crippen LogP contribution in [0.15, 0.2) is 42.5 Å². The first kappa shape index (κ1) is 20.4. The zero-order valence-electron chi connectivity index (χ0n) is 19.4. The van der Waals surface area contributed by atoms with Gasteiger partial charge in [0.15, 0.2) is 0 Å². The number of benzene rings is 4. The number of phenols is 2. The monoisotopic (exact) mass is 424 g/mol. The van der Waals surface area contributed by atoms with Gasteiger partial charge in [0.25, 0.3) is 0 Å². The molecule has 1 heterocycles. The predicted molar refractivity (Wildman–Crippen MR) is 130 cm³/mol. The molecule has 0 spiro atoms. The summed E-state index contributed by atoms with van der Waals surface area (Å²) in [7, 11) is 0. The maximum absolute atomic E-state index is 10.9. The van der Waals surface area contributed by atoms with Crippen molar-refractivity contribution in [1.82, 2.24) is 0 Å². The summed E-state index contributed by atoms with van der Waals surface area (Å²) in [5.74, 6) is 2.09. The molecule has 0 saturated carbocycles. The molecule has 2 N–H and O–H groups in total. The molecule has 4 aromatic carbocycles. The molecule has 3 heteroatoms. The molecule has 0 fully saturated rings. The van der Waals surface area contributed by atoms with Crippen LogP contribution in [0.5, 0.6) is 23.0 Å². The van der Waals surface area contributed by atoms with Crippen molar-refractivity contribution >= 4 is 10.8 Å². The molecule has 32 heavy (non-hydrogen) atoms. The molecular weight excluding hydrogens is 396 g/mol. The molecule has 0 unspecified atom stereocenters. The fraction of sp³-hybridized carbons (Fsp3) is 0.241. The lowest BCUT2D eigenvalue weighted by molar-refractivity contribution is 0.422. The van der Waals surface area contributed by atoms with Crippen LogP contribution in [-0.4, -0.2) is 10.2 Å². The van der Waals surface area contributed by atoms with E-state index in [2.05, 4.69) is 30.3 Å². The number of aromatic hydroxyl groups is 2. The minimum absolute atomic E-state index is 0.159. The summed E-state index contributed by atoms with van der Waals surface area (Å²) in [4.78, 5) is 0. The summed E-state index contributed by atoms with van der Waals surface area (Å²) >= 11 is 0. The van der Waals surface area contributed by atoms with Crippen LogP contribution < -0.4 is 4.74 Å². The second-order valence-electron chi connectivity index (χ2n) is 9.07.